The lowest BCUT2D eigenvalue weighted by Crippen LogP contribution is -2.30. The first-order valence-corrected chi connectivity index (χ1v) is 42.5. The Morgan fingerprint density at radius 2 is 0.583 bits per heavy atom. The third-order valence-electron chi connectivity index (χ3n) is 17.8. The zero-order valence-corrected chi connectivity index (χ0v) is 63.8. The van der Waals surface area contributed by atoms with Crippen molar-refractivity contribution in [3.8, 4) is 0 Å². The van der Waals surface area contributed by atoms with Crippen molar-refractivity contribution in [3.05, 3.63) is 24.3 Å². The van der Waals surface area contributed by atoms with Gasteiger partial charge in [-0.2, -0.15) is 0 Å². The van der Waals surface area contributed by atoms with Gasteiger partial charge >= 0.3 is 39.5 Å². The summed E-state index contributed by atoms with van der Waals surface area (Å²) >= 11 is 0. The lowest BCUT2D eigenvalue weighted by molar-refractivity contribution is -0.161. The Hall–Kier alpha value is -2.46. The first-order chi connectivity index (χ1) is 46.6. The highest BCUT2D eigenvalue weighted by Crippen LogP contribution is 2.45. The zero-order chi connectivity index (χ0) is 70.5. The fourth-order valence-corrected chi connectivity index (χ4v) is 12.9. The highest BCUT2D eigenvalue weighted by Gasteiger charge is 2.30. The minimum Gasteiger partial charge on any atom is -0.462 e. The van der Waals surface area contributed by atoms with Crippen LogP contribution in [0.3, 0.4) is 0 Å². The standard InChI is InChI=1S/C77H146O17P2/c1-6-10-13-16-19-22-25-27-29-31-33-36-42-47-52-57-62-76(81)93-72(67-88-75(80)61-56-51-46-41-35-32-30-28-26-23-20-17-14-11-7-2)68-91-95(83,84)89-64-71(78)65-90-96(85,86)92-69-73(66-87-74(79)60-55-50-45-40-34-24-21-18-15-12-8-3)94-77(82)63-58-53-48-43-38-37-39-44-49-54-59-70(5)9-4/h23,26,28,30,70-73,78H,6-22,24-25,27,29,31-69H2,1-5H3,(H,83,84)(H,85,86)/b26-23-,30-28-/t70?,71-,72-,73-/m1/s1. The van der Waals surface area contributed by atoms with Crippen LogP contribution < -0.4 is 0 Å². The summed E-state index contributed by atoms with van der Waals surface area (Å²) in [5.41, 5.74) is 0. The van der Waals surface area contributed by atoms with Crippen molar-refractivity contribution in [2.75, 3.05) is 39.6 Å². The van der Waals surface area contributed by atoms with Crippen molar-refractivity contribution in [2.45, 2.75) is 400 Å². The summed E-state index contributed by atoms with van der Waals surface area (Å²) < 4.78 is 68.5. The molecule has 0 rings (SSSR count). The van der Waals surface area contributed by atoms with E-state index >= 15 is 0 Å². The lowest BCUT2D eigenvalue weighted by atomic mass is 9.99. The van der Waals surface area contributed by atoms with Crippen molar-refractivity contribution in [3.63, 3.8) is 0 Å². The molecule has 0 spiro atoms. The average Bonchev–Trinajstić information content (AvgIpc) is 1.18. The van der Waals surface area contributed by atoms with Crippen LogP contribution in [-0.2, 0) is 65.4 Å². The Balaban J connectivity index is 5.30. The van der Waals surface area contributed by atoms with Crippen LogP contribution in [0.5, 0.6) is 0 Å². The molecule has 96 heavy (non-hydrogen) atoms. The number of aliphatic hydroxyl groups is 1. The number of ether oxygens (including phenoxy) is 4. The second kappa shape index (κ2) is 69.6. The molecule has 0 aromatic heterocycles. The number of carbonyl (C=O) groups is 4. The highest BCUT2D eigenvalue weighted by atomic mass is 31.2. The fraction of sp³-hybridized carbons (Fsp3) is 0.896. The number of aliphatic hydroxyl groups excluding tert-OH is 1. The molecule has 0 fully saturated rings. The number of rotatable bonds is 75. The molecule has 0 aromatic rings. The molecule has 3 N–H and O–H groups in total. The summed E-state index contributed by atoms with van der Waals surface area (Å²) in [4.78, 5) is 72.9. The zero-order valence-electron chi connectivity index (χ0n) is 62.0. The van der Waals surface area contributed by atoms with Gasteiger partial charge in [-0.15, -0.1) is 0 Å². The molecule has 0 heterocycles. The van der Waals surface area contributed by atoms with Crippen LogP contribution in [0.2, 0.25) is 0 Å². The van der Waals surface area contributed by atoms with E-state index in [1.54, 1.807) is 0 Å². The third kappa shape index (κ3) is 68.7. The maximum absolute atomic E-state index is 13.1. The number of unbranched alkanes of at least 4 members (excludes halogenated alkanes) is 43. The first-order valence-electron chi connectivity index (χ1n) is 39.5. The first kappa shape index (κ1) is 93.5. The number of hydrogen-bond donors (Lipinski definition) is 3. The number of hydrogen-bond acceptors (Lipinski definition) is 15. The van der Waals surface area contributed by atoms with Gasteiger partial charge in [0, 0.05) is 25.7 Å². The lowest BCUT2D eigenvalue weighted by Gasteiger charge is -2.21. The number of allylic oxidation sites excluding steroid dienone is 4. The van der Waals surface area contributed by atoms with E-state index in [2.05, 4.69) is 58.9 Å². The third-order valence-corrected chi connectivity index (χ3v) is 19.7. The monoisotopic (exact) mass is 1410 g/mol. The Kier molecular flexibility index (Phi) is 67.8. The van der Waals surface area contributed by atoms with Crippen LogP contribution in [0.4, 0.5) is 0 Å². The second-order valence-corrected chi connectivity index (χ2v) is 30.2. The molecule has 0 saturated heterocycles. The van der Waals surface area contributed by atoms with E-state index in [4.69, 9.17) is 37.0 Å². The molecule has 0 aliphatic rings. The summed E-state index contributed by atoms with van der Waals surface area (Å²) in [6.07, 6.45) is 61.6. The summed E-state index contributed by atoms with van der Waals surface area (Å²) in [7, 11) is -9.92. The van der Waals surface area contributed by atoms with Gasteiger partial charge in [0.1, 0.15) is 19.3 Å². The van der Waals surface area contributed by atoms with Crippen molar-refractivity contribution >= 4 is 39.5 Å². The van der Waals surface area contributed by atoms with Crippen molar-refractivity contribution < 1.29 is 80.2 Å². The summed E-state index contributed by atoms with van der Waals surface area (Å²) in [6, 6.07) is 0. The van der Waals surface area contributed by atoms with E-state index in [-0.39, 0.29) is 25.7 Å². The molecule has 0 aliphatic carbocycles. The van der Waals surface area contributed by atoms with Crippen molar-refractivity contribution in [2.24, 2.45) is 5.92 Å². The van der Waals surface area contributed by atoms with Gasteiger partial charge < -0.3 is 33.8 Å². The molecule has 19 heteroatoms. The van der Waals surface area contributed by atoms with E-state index in [0.29, 0.717) is 25.7 Å². The van der Waals surface area contributed by atoms with Crippen LogP contribution in [0.25, 0.3) is 0 Å². The minimum atomic E-state index is -4.96. The van der Waals surface area contributed by atoms with Crippen molar-refractivity contribution in [1.82, 2.24) is 0 Å². The molecule has 0 saturated carbocycles. The van der Waals surface area contributed by atoms with E-state index in [0.717, 1.165) is 115 Å². The second-order valence-electron chi connectivity index (χ2n) is 27.3. The molecule has 0 amide bonds. The summed E-state index contributed by atoms with van der Waals surface area (Å²) in [5.74, 6) is -1.34. The summed E-state index contributed by atoms with van der Waals surface area (Å²) in [6.45, 7) is 7.26. The van der Waals surface area contributed by atoms with Gasteiger partial charge in [-0.1, -0.05) is 329 Å². The normalized spacial score (nSPS) is 14.4. The number of esters is 4. The number of carbonyl (C=O) groups excluding carboxylic acids is 4. The van der Waals surface area contributed by atoms with E-state index in [9.17, 15) is 43.2 Å². The van der Waals surface area contributed by atoms with Crippen LogP contribution in [-0.4, -0.2) is 96.7 Å². The largest absolute Gasteiger partial charge is 0.472 e. The smallest absolute Gasteiger partial charge is 0.462 e. The van der Waals surface area contributed by atoms with Gasteiger partial charge in [-0.25, -0.2) is 9.13 Å². The van der Waals surface area contributed by atoms with Gasteiger partial charge in [0.05, 0.1) is 26.4 Å². The average molecular weight is 1410 g/mol. The van der Waals surface area contributed by atoms with Gasteiger partial charge in [0.15, 0.2) is 12.2 Å². The highest BCUT2D eigenvalue weighted by molar-refractivity contribution is 7.47. The SMILES string of the molecule is CCCCCC/C=C\C=C/CCCCCCCC(=O)OC[C@H](COP(=O)(O)OC[C@@H](O)COP(=O)(O)OC[C@@H](COC(=O)CCCCCCCCCCCCC)OC(=O)CCCCCCCCCCCCC(C)CC)OC(=O)CCCCCCCCCCCCCCCCCC. The van der Waals surface area contributed by atoms with Gasteiger partial charge in [0.2, 0.25) is 0 Å². The molecule has 566 valence electrons. The van der Waals surface area contributed by atoms with Crippen LogP contribution >= 0.6 is 15.6 Å². The molecule has 0 radical (unpaired) electrons. The van der Waals surface area contributed by atoms with Gasteiger partial charge in [-0.05, 0) is 57.3 Å². The Morgan fingerprint density at radius 3 is 0.885 bits per heavy atom. The maximum Gasteiger partial charge on any atom is 0.472 e. The van der Waals surface area contributed by atoms with Crippen LogP contribution in [0, 0.1) is 5.92 Å². The fourth-order valence-electron chi connectivity index (χ4n) is 11.3. The predicted octanol–water partition coefficient (Wildman–Crippen LogP) is 22.4. The van der Waals surface area contributed by atoms with E-state index in [1.807, 2.05) is 0 Å². The van der Waals surface area contributed by atoms with Crippen LogP contribution in [0.1, 0.15) is 381 Å². The minimum absolute atomic E-state index is 0.102. The Morgan fingerprint density at radius 1 is 0.333 bits per heavy atom. The van der Waals surface area contributed by atoms with Gasteiger partial charge in [0.25, 0.3) is 0 Å². The number of phosphoric acid groups is 2. The topological polar surface area (TPSA) is 237 Å². The van der Waals surface area contributed by atoms with Crippen molar-refractivity contribution in [1.29, 1.82) is 0 Å². The Bertz CT molecular complexity index is 1940. The number of phosphoric ester groups is 2. The molecule has 3 unspecified atom stereocenters. The van der Waals surface area contributed by atoms with E-state index in [1.165, 1.54) is 186 Å². The molecule has 17 nitrogen and oxygen atoms in total. The van der Waals surface area contributed by atoms with Crippen LogP contribution in [0.15, 0.2) is 24.3 Å². The Labute approximate surface area is 586 Å². The molecular formula is C77H146O17P2. The molecule has 0 aromatic carbocycles. The molecule has 6 atom stereocenters. The maximum atomic E-state index is 13.1. The van der Waals surface area contributed by atoms with E-state index < -0.39 is 97.5 Å². The predicted molar refractivity (Wildman–Crippen MR) is 391 cm³/mol. The van der Waals surface area contributed by atoms with Gasteiger partial charge in [-0.3, -0.25) is 37.3 Å². The molecule has 0 bridgehead atoms. The quantitative estimate of drug-likeness (QED) is 0.0169. The summed E-state index contributed by atoms with van der Waals surface area (Å²) in [5, 5.41) is 10.6. The molecular weight excluding hydrogens is 1260 g/mol. The molecule has 0 aliphatic heterocycles.